The smallest absolute Gasteiger partial charge is 0.288 e. The first-order chi connectivity index (χ1) is 8.76. The van der Waals surface area contributed by atoms with Gasteiger partial charge in [0.25, 0.3) is 17.5 Å². The second-order valence-corrected chi connectivity index (χ2v) is 3.84. The second-order valence-electron chi connectivity index (χ2n) is 3.49. The highest BCUT2D eigenvalue weighted by atomic mass is 35.5. The van der Waals surface area contributed by atoms with Crippen molar-refractivity contribution >= 4 is 23.2 Å². The highest BCUT2D eigenvalue weighted by Crippen LogP contribution is 2.19. The van der Waals surface area contributed by atoms with E-state index in [2.05, 4.69) is 4.98 Å². The van der Waals surface area contributed by atoms with Crippen molar-refractivity contribution in [1.82, 2.24) is 10.3 Å². The van der Waals surface area contributed by atoms with E-state index < -0.39 is 41.2 Å². The van der Waals surface area contributed by atoms with Crippen LogP contribution in [-0.4, -0.2) is 40.0 Å². The zero-order chi connectivity index (χ0) is 14.6. The van der Waals surface area contributed by atoms with Crippen molar-refractivity contribution < 1.29 is 23.6 Å². The number of nitrogens with zero attached hydrogens (tertiary/aromatic N) is 2. The third-order valence-electron chi connectivity index (χ3n) is 2.02. The summed E-state index contributed by atoms with van der Waals surface area (Å²) in [6, 6.07) is 0.821. The predicted molar refractivity (Wildman–Crippen MR) is 60.3 cm³/mol. The largest absolute Gasteiger partial charge is 0.390 e. The standard InChI is InChI=1S/C9H8ClF2N3O4/c10-7-6(1-5(2-13-7)15(18)19)8(17)14-3-9(11,12)4-16/h1-2,16H,3-4H2,(H,14,17). The number of hydrogen-bond donors (Lipinski definition) is 2. The topological polar surface area (TPSA) is 105 Å². The van der Waals surface area contributed by atoms with Crippen LogP contribution in [0, 0.1) is 10.1 Å². The molecule has 0 radical (unpaired) electrons. The number of halogens is 3. The van der Waals surface area contributed by atoms with E-state index in [-0.39, 0.29) is 5.15 Å². The summed E-state index contributed by atoms with van der Waals surface area (Å²) in [5, 5.41) is 20.3. The van der Waals surface area contributed by atoms with Crippen molar-refractivity contribution in [3.8, 4) is 0 Å². The Hall–Kier alpha value is -1.87. The molecule has 0 aliphatic heterocycles. The fourth-order valence-electron chi connectivity index (χ4n) is 1.06. The molecule has 1 aromatic heterocycles. The quantitative estimate of drug-likeness (QED) is 0.479. The van der Waals surface area contributed by atoms with Gasteiger partial charge in [0.2, 0.25) is 0 Å². The second kappa shape index (κ2) is 5.85. The number of alkyl halides is 2. The molecule has 0 saturated carbocycles. The first-order valence-corrected chi connectivity index (χ1v) is 5.21. The lowest BCUT2D eigenvalue weighted by Crippen LogP contribution is -2.39. The van der Waals surface area contributed by atoms with Crippen molar-refractivity contribution in [2.24, 2.45) is 0 Å². The van der Waals surface area contributed by atoms with Crippen molar-refractivity contribution in [1.29, 1.82) is 0 Å². The molecule has 0 spiro atoms. The van der Waals surface area contributed by atoms with Crippen LogP contribution in [0.3, 0.4) is 0 Å². The van der Waals surface area contributed by atoms with Crippen LogP contribution in [-0.2, 0) is 0 Å². The van der Waals surface area contributed by atoms with Gasteiger partial charge in [0.15, 0.2) is 0 Å². The van der Waals surface area contributed by atoms with E-state index in [0.29, 0.717) is 0 Å². The number of rotatable bonds is 5. The van der Waals surface area contributed by atoms with E-state index in [4.69, 9.17) is 16.7 Å². The van der Waals surface area contributed by atoms with Crippen LogP contribution in [0.2, 0.25) is 5.15 Å². The number of carbonyl (C=O) groups is 1. The van der Waals surface area contributed by atoms with Gasteiger partial charge in [0, 0.05) is 6.07 Å². The molecule has 0 fully saturated rings. The molecule has 0 unspecified atom stereocenters. The maximum atomic E-state index is 12.7. The highest BCUT2D eigenvalue weighted by molar-refractivity contribution is 6.32. The molecule has 1 rings (SSSR count). The Morgan fingerprint density at radius 2 is 2.26 bits per heavy atom. The molecular weight excluding hydrogens is 288 g/mol. The van der Waals surface area contributed by atoms with Gasteiger partial charge in [-0.2, -0.15) is 0 Å². The zero-order valence-corrected chi connectivity index (χ0v) is 10.0. The maximum absolute atomic E-state index is 12.7. The number of aliphatic hydroxyl groups is 1. The van der Waals surface area contributed by atoms with Gasteiger partial charge in [-0.3, -0.25) is 14.9 Å². The van der Waals surface area contributed by atoms with Gasteiger partial charge in [0.05, 0.1) is 17.0 Å². The van der Waals surface area contributed by atoms with Crippen LogP contribution in [0.4, 0.5) is 14.5 Å². The molecule has 0 saturated heterocycles. The Balaban J connectivity index is 2.88. The molecule has 0 bridgehead atoms. The fourth-order valence-corrected chi connectivity index (χ4v) is 1.25. The number of carbonyl (C=O) groups excluding carboxylic acids is 1. The zero-order valence-electron chi connectivity index (χ0n) is 9.27. The average molecular weight is 296 g/mol. The van der Waals surface area contributed by atoms with Crippen molar-refractivity contribution in [2.75, 3.05) is 13.2 Å². The molecular formula is C9H8ClF2N3O4. The summed E-state index contributed by atoms with van der Waals surface area (Å²) in [5.74, 6) is -4.54. The summed E-state index contributed by atoms with van der Waals surface area (Å²) in [6.07, 6.45) is 0.835. The molecule has 1 amide bonds. The number of hydrogen-bond acceptors (Lipinski definition) is 5. The number of aromatic nitrogens is 1. The number of aliphatic hydroxyl groups excluding tert-OH is 1. The number of amides is 1. The Morgan fingerprint density at radius 3 is 2.79 bits per heavy atom. The molecule has 19 heavy (non-hydrogen) atoms. The summed E-state index contributed by atoms with van der Waals surface area (Å²) >= 11 is 5.55. The van der Waals surface area contributed by atoms with Gasteiger partial charge in [-0.15, -0.1) is 0 Å². The van der Waals surface area contributed by atoms with Crippen LogP contribution < -0.4 is 5.32 Å². The molecule has 0 atom stereocenters. The van der Waals surface area contributed by atoms with Crippen LogP contribution in [0.5, 0.6) is 0 Å². The third kappa shape index (κ3) is 4.07. The SMILES string of the molecule is O=C(NCC(F)(F)CO)c1cc([N+](=O)[O-])cnc1Cl. The van der Waals surface area contributed by atoms with Gasteiger partial charge >= 0.3 is 0 Å². The van der Waals surface area contributed by atoms with Crippen LogP contribution >= 0.6 is 11.6 Å². The van der Waals surface area contributed by atoms with Gasteiger partial charge in [-0.25, -0.2) is 13.8 Å². The molecule has 0 aliphatic rings. The minimum Gasteiger partial charge on any atom is -0.390 e. The lowest BCUT2D eigenvalue weighted by molar-refractivity contribution is -0.385. The summed E-state index contributed by atoms with van der Waals surface area (Å²) < 4.78 is 25.4. The first kappa shape index (κ1) is 15.2. The van der Waals surface area contributed by atoms with Crippen molar-refractivity contribution in [2.45, 2.75) is 5.92 Å². The molecule has 7 nitrogen and oxygen atoms in total. The minimum absolute atomic E-state index is 0.351. The summed E-state index contributed by atoms with van der Waals surface area (Å²) in [5.41, 5.74) is -0.895. The minimum atomic E-state index is -3.49. The Morgan fingerprint density at radius 1 is 1.63 bits per heavy atom. The van der Waals surface area contributed by atoms with Gasteiger partial charge < -0.3 is 10.4 Å². The fraction of sp³-hybridized carbons (Fsp3) is 0.333. The van der Waals surface area contributed by atoms with Crippen LogP contribution in [0.15, 0.2) is 12.3 Å². The molecule has 1 heterocycles. The summed E-state index contributed by atoms with van der Waals surface area (Å²) in [6.45, 7) is -2.56. The van der Waals surface area contributed by atoms with E-state index in [1.165, 1.54) is 0 Å². The maximum Gasteiger partial charge on any atom is 0.288 e. The van der Waals surface area contributed by atoms with E-state index in [1.807, 2.05) is 0 Å². The van der Waals surface area contributed by atoms with E-state index in [9.17, 15) is 23.7 Å². The molecule has 10 heteroatoms. The molecule has 2 N–H and O–H groups in total. The number of nitrogens with one attached hydrogen (secondary N) is 1. The van der Waals surface area contributed by atoms with Crippen molar-refractivity contribution in [3.05, 3.63) is 33.1 Å². The normalized spacial score (nSPS) is 11.2. The average Bonchev–Trinajstić information content (AvgIpc) is 2.36. The predicted octanol–water partition coefficient (Wildman–Crippen LogP) is 1.00. The Bertz CT molecular complexity index is 512. The van der Waals surface area contributed by atoms with Gasteiger partial charge in [-0.1, -0.05) is 11.6 Å². The molecule has 0 aliphatic carbocycles. The van der Waals surface area contributed by atoms with Crippen molar-refractivity contribution in [3.63, 3.8) is 0 Å². The van der Waals surface area contributed by atoms with E-state index in [0.717, 1.165) is 12.3 Å². The number of nitro groups is 1. The van der Waals surface area contributed by atoms with Crippen LogP contribution in [0.25, 0.3) is 0 Å². The van der Waals surface area contributed by atoms with Gasteiger partial charge in [0.1, 0.15) is 18.0 Å². The van der Waals surface area contributed by atoms with Gasteiger partial charge in [-0.05, 0) is 0 Å². The number of pyridine rings is 1. The first-order valence-electron chi connectivity index (χ1n) is 4.83. The molecule has 0 aromatic carbocycles. The Kier molecular flexibility index (Phi) is 4.67. The monoisotopic (exact) mass is 295 g/mol. The van der Waals surface area contributed by atoms with E-state index in [1.54, 1.807) is 5.32 Å². The highest BCUT2D eigenvalue weighted by Gasteiger charge is 2.29. The van der Waals surface area contributed by atoms with E-state index >= 15 is 0 Å². The molecule has 104 valence electrons. The lowest BCUT2D eigenvalue weighted by Gasteiger charge is -2.14. The third-order valence-corrected chi connectivity index (χ3v) is 2.32. The molecule has 1 aromatic rings. The van der Waals surface area contributed by atoms with Crippen LogP contribution in [0.1, 0.15) is 10.4 Å². The summed E-state index contributed by atoms with van der Waals surface area (Å²) in [4.78, 5) is 24.6. The Labute approximate surface area is 110 Å². The lowest BCUT2D eigenvalue weighted by atomic mass is 10.2. The summed E-state index contributed by atoms with van der Waals surface area (Å²) in [7, 11) is 0.